The number of fused-ring (bicyclic) bond motifs is 1. The van der Waals surface area contributed by atoms with E-state index in [0.717, 1.165) is 18.8 Å². The molecule has 2 aliphatic heterocycles. The van der Waals surface area contributed by atoms with Crippen LogP contribution in [-0.4, -0.2) is 37.7 Å². The number of likely N-dealkylation sites (N-methyl/N-ethyl adjacent to an activating group) is 1. The van der Waals surface area contributed by atoms with E-state index in [1.807, 2.05) is 6.07 Å². The lowest BCUT2D eigenvalue weighted by Crippen LogP contribution is -2.37. The van der Waals surface area contributed by atoms with Gasteiger partial charge in [0.25, 0.3) is 0 Å². The summed E-state index contributed by atoms with van der Waals surface area (Å²) in [6, 6.07) is 9.51. The highest BCUT2D eigenvalue weighted by molar-refractivity contribution is 5.37. The Kier molecular flexibility index (Phi) is 3.04. The molecule has 3 heteroatoms. The molecule has 2 unspecified atom stereocenters. The van der Waals surface area contributed by atoms with Gasteiger partial charge in [-0.05, 0) is 26.1 Å². The van der Waals surface area contributed by atoms with E-state index in [1.165, 1.54) is 25.1 Å². The number of benzene rings is 1. The van der Waals surface area contributed by atoms with Gasteiger partial charge < -0.3 is 15.0 Å². The first kappa shape index (κ1) is 11.1. The zero-order valence-corrected chi connectivity index (χ0v) is 10.4. The highest BCUT2D eigenvalue weighted by Crippen LogP contribution is 2.32. The van der Waals surface area contributed by atoms with Crippen molar-refractivity contribution in [3.63, 3.8) is 0 Å². The molecular formula is C14H20N2O. The number of para-hydroxylation sites is 1. The van der Waals surface area contributed by atoms with Gasteiger partial charge in [0.05, 0.1) is 6.61 Å². The quantitative estimate of drug-likeness (QED) is 0.841. The molecule has 1 aromatic carbocycles. The minimum atomic E-state index is 0.469. The van der Waals surface area contributed by atoms with Crippen LogP contribution in [0.4, 0.5) is 0 Å². The van der Waals surface area contributed by atoms with Gasteiger partial charge in [0.1, 0.15) is 5.75 Å². The van der Waals surface area contributed by atoms with Gasteiger partial charge in [-0.3, -0.25) is 0 Å². The molecule has 92 valence electrons. The normalized spacial score (nSPS) is 28.8. The molecular weight excluding hydrogens is 212 g/mol. The van der Waals surface area contributed by atoms with E-state index in [2.05, 4.69) is 35.5 Å². The van der Waals surface area contributed by atoms with Crippen molar-refractivity contribution in [1.82, 2.24) is 10.2 Å². The standard InChI is InChI=1S/C14H20N2O/c1-16-8-6-11(10-16)15-13-7-9-17-14-5-3-2-4-12(13)14/h2-5,11,13,15H,6-10H2,1H3. The molecule has 1 N–H and O–H groups in total. The second-order valence-electron chi connectivity index (χ2n) is 5.14. The summed E-state index contributed by atoms with van der Waals surface area (Å²) in [5.74, 6) is 1.06. The van der Waals surface area contributed by atoms with Crippen LogP contribution >= 0.6 is 0 Å². The van der Waals surface area contributed by atoms with Crippen LogP contribution in [0.25, 0.3) is 0 Å². The maximum Gasteiger partial charge on any atom is 0.124 e. The Labute approximate surface area is 103 Å². The van der Waals surface area contributed by atoms with Crippen LogP contribution in [0.15, 0.2) is 24.3 Å². The molecule has 1 saturated heterocycles. The third-order valence-electron chi connectivity index (χ3n) is 3.79. The molecule has 0 radical (unpaired) electrons. The van der Waals surface area contributed by atoms with Gasteiger partial charge in [-0.15, -0.1) is 0 Å². The van der Waals surface area contributed by atoms with Gasteiger partial charge in [0.15, 0.2) is 0 Å². The number of hydrogen-bond acceptors (Lipinski definition) is 3. The van der Waals surface area contributed by atoms with E-state index in [4.69, 9.17) is 4.74 Å². The van der Waals surface area contributed by atoms with Gasteiger partial charge in [-0.1, -0.05) is 18.2 Å². The molecule has 3 rings (SSSR count). The number of hydrogen-bond donors (Lipinski definition) is 1. The molecule has 0 aromatic heterocycles. The smallest absolute Gasteiger partial charge is 0.124 e. The zero-order valence-electron chi connectivity index (χ0n) is 10.4. The highest BCUT2D eigenvalue weighted by Gasteiger charge is 2.26. The molecule has 1 aromatic rings. The monoisotopic (exact) mass is 232 g/mol. The van der Waals surface area contributed by atoms with Crippen LogP contribution in [-0.2, 0) is 0 Å². The maximum absolute atomic E-state index is 5.69. The summed E-state index contributed by atoms with van der Waals surface area (Å²) in [4.78, 5) is 2.39. The van der Waals surface area contributed by atoms with E-state index < -0.39 is 0 Å². The van der Waals surface area contributed by atoms with E-state index >= 15 is 0 Å². The van der Waals surface area contributed by atoms with E-state index in [0.29, 0.717) is 12.1 Å². The minimum Gasteiger partial charge on any atom is -0.493 e. The Morgan fingerprint density at radius 2 is 2.18 bits per heavy atom. The zero-order chi connectivity index (χ0) is 11.7. The van der Waals surface area contributed by atoms with Gasteiger partial charge >= 0.3 is 0 Å². The second-order valence-corrected chi connectivity index (χ2v) is 5.14. The summed E-state index contributed by atoms with van der Waals surface area (Å²) in [6.07, 6.45) is 2.34. The fraction of sp³-hybridized carbons (Fsp3) is 0.571. The first-order valence-electron chi connectivity index (χ1n) is 6.49. The molecule has 17 heavy (non-hydrogen) atoms. The Balaban J connectivity index is 1.72. The molecule has 0 bridgehead atoms. The Morgan fingerprint density at radius 1 is 1.29 bits per heavy atom. The SMILES string of the molecule is CN1CCC(NC2CCOc3ccccc32)C1. The van der Waals surface area contributed by atoms with Crippen LogP contribution in [0, 0.1) is 0 Å². The Hall–Kier alpha value is -1.06. The van der Waals surface area contributed by atoms with Crippen molar-refractivity contribution < 1.29 is 4.74 Å². The third kappa shape index (κ3) is 2.31. The Morgan fingerprint density at radius 3 is 3.00 bits per heavy atom. The molecule has 1 fully saturated rings. The van der Waals surface area contributed by atoms with Crippen LogP contribution in [0.2, 0.25) is 0 Å². The highest BCUT2D eigenvalue weighted by atomic mass is 16.5. The van der Waals surface area contributed by atoms with Crippen molar-refractivity contribution in [2.45, 2.75) is 24.9 Å². The van der Waals surface area contributed by atoms with Crippen LogP contribution < -0.4 is 10.1 Å². The van der Waals surface area contributed by atoms with E-state index in [9.17, 15) is 0 Å². The lowest BCUT2D eigenvalue weighted by Gasteiger charge is -2.29. The maximum atomic E-state index is 5.69. The lowest BCUT2D eigenvalue weighted by molar-refractivity contribution is 0.243. The van der Waals surface area contributed by atoms with Crippen molar-refractivity contribution >= 4 is 0 Å². The van der Waals surface area contributed by atoms with E-state index in [1.54, 1.807) is 0 Å². The van der Waals surface area contributed by atoms with Crippen molar-refractivity contribution in [1.29, 1.82) is 0 Å². The molecule has 0 saturated carbocycles. The van der Waals surface area contributed by atoms with Crippen LogP contribution in [0.1, 0.15) is 24.4 Å². The number of likely N-dealkylation sites (tertiary alicyclic amines) is 1. The summed E-state index contributed by atoms with van der Waals surface area (Å²) in [7, 11) is 2.19. The molecule has 0 aliphatic carbocycles. The van der Waals surface area contributed by atoms with Crippen molar-refractivity contribution in [2.24, 2.45) is 0 Å². The van der Waals surface area contributed by atoms with Gasteiger partial charge in [-0.2, -0.15) is 0 Å². The predicted octanol–water partition coefficient (Wildman–Crippen LogP) is 1.80. The second kappa shape index (κ2) is 4.67. The van der Waals surface area contributed by atoms with Crippen LogP contribution in [0.5, 0.6) is 5.75 Å². The molecule has 2 aliphatic rings. The number of nitrogens with zero attached hydrogens (tertiary/aromatic N) is 1. The van der Waals surface area contributed by atoms with Crippen molar-refractivity contribution in [2.75, 3.05) is 26.7 Å². The first-order valence-corrected chi connectivity index (χ1v) is 6.49. The number of ether oxygens (including phenoxy) is 1. The summed E-state index contributed by atoms with van der Waals surface area (Å²) in [5, 5.41) is 3.78. The largest absolute Gasteiger partial charge is 0.493 e. The minimum absolute atomic E-state index is 0.469. The average Bonchev–Trinajstić information content (AvgIpc) is 2.75. The molecule has 0 spiro atoms. The lowest BCUT2D eigenvalue weighted by atomic mass is 9.99. The fourth-order valence-corrected chi connectivity index (χ4v) is 2.87. The molecule has 0 amide bonds. The molecule has 2 atom stereocenters. The number of rotatable bonds is 2. The third-order valence-corrected chi connectivity index (χ3v) is 3.79. The average molecular weight is 232 g/mol. The summed E-state index contributed by atoms with van der Waals surface area (Å²) in [6.45, 7) is 3.21. The van der Waals surface area contributed by atoms with Gasteiger partial charge in [0, 0.05) is 30.6 Å². The predicted molar refractivity (Wildman–Crippen MR) is 68.3 cm³/mol. The Bertz CT molecular complexity index is 394. The first-order chi connectivity index (χ1) is 8.33. The van der Waals surface area contributed by atoms with Crippen LogP contribution in [0.3, 0.4) is 0 Å². The summed E-state index contributed by atoms with van der Waals surface area (Å²) >= 11 is 0. The summed E-state index contributed by atoms with van der Waals surface area (Å²) in [5.41, 5.74) is 1.33. The van der Waals surface area contributed by atoms with Gasteiger partial charge in [0.2, 0.25) is 0 Å². The number of nitrogens with one attached hydrogen (secondary N) is 1. The van der Waals surface area contributed by atoms with Crippen molar-refractivity contribution in [3.8, 4) is 5.75 Å². The van der Waals surface area contributed by atoms with Gasteiger partial charge in [-0.25, -0.2) is 0 Å². The molecule has 2 heterocycles. The van der Waals surface area contributed by atoms with E-state index in [-0.39, 0.29) is 0 Å². The topological polar surface area (TPSA) is 24.5 Å². The fourth-order valence-electron chi connectivity index (χ4n) is 2.87. The molecule has 3 nitrogen and oxygen atoms in total. The summed E-state index contributed by atoms with van der Waals surface area (Å²) < 4.78 is 5.69. The van der Waals surface area contributed by atoms with Crippen molar-refractivity contribution in [3.05, 3.63) is 29.8 Å².